The van der Waals surface area contributed by atoms with Crippen LogP contribution < -0.4 is 0 Å². The molecular weight excluding hydrogens is 197 g/mol. The van der Waals surface area contributed by atoms with E-state index in [0.29, 0.717) is 12.8 Å². The topological polar surface area (TPSA) is 43.1 Å². The second kappa shape index (κ2) is 3.06. The van der Waals surface area contributed by atoms with E-state index >= 15 is 0 Å². The molecule has 1 saturated carbocycles. The summed E-state index contributed by atoms with van der Waals surface area (Å²) in [6.45, 7) is 0. The van der Waals surface area contributed by atoms with Crippen molar-refractivity contribution in [2.45, 2.75) is 18.3 Å². The van der Waals surface area contributed by atoms with Gasteiger partial charge in [0.25, 0.3) is 5.69 Å². The van der Waals surface area contributed by atoms with Crippen LogP contribution in [0.1, 0.15) is 18.4 Å². The zero-order valence-corrected chi connectivity index (χ0v) is 7.87. The van der Waals surface area contributed by atoms with Crippen LogP contribution in [0.5, 0.6) is 0 Å². The van der Waals surface area contributed by atoms with Gasteiger partial charge in [0.15, 0.2) is 0 Å². The molecule has 0 saturated heterocycles. The Hall–Kier alpha value is -1.89. The van der Waals surface area contributed by atoms with Crippen LogP contribution in [0.4, 0.5) is 10.1 Å². The van der Waals surface area contributed by atoms with Crippen molar-refractivity contribution in [3.8, 4) is 12.3 Å². The number of terminal acetylenes is 1. The molecule has 1 fully saturated rings. The van der Waals surface area contributed by atoms with Gasteiger partial charge in [-0.1, -0.05) is 5.92 Å². The first kappa shape index (κ1) is 9.66. The third-order valence-electron chi connectivity index (χ3n) is 2.70. The van der Waals surface area contributed by atoms with Gasteiger partial charge in [-0.3, -0.25) is 10.1 Å². The molecule has 0 spiro atoms. The number of nitro benzene ring substituents is 1. The molecule has 4 heteroatoms. The monoisotopic (exact) mass is 205 g/mol. The molecule has 76 valence electrons. The van der Waals surface area contributed by atoms with Crippen LogP contribution in [-0.4, -0.2) is 4.92 Å². The first-order valence-corrected chi connectivity index (χ1v) is 4.51. The lowest BCUT2D eigenvalue weighted by atomic mass is 9.96. The van der Waals surface area contributed by atoms with Crippen molar-refractivity contribution >= 4 is 5.69 Å². The summed E-state index contributed by atoms with van der Waals surface area (Å²) in [6.07, 6.45) is 6.70. The number of nitrogens with zero attached hydrogens (tertiary/aromatic N) is 1. The summed E-state index contributed by atoms with van der Waals surface area (Å²) < 4.78 is 13.4. The molecule has 0 aromatic heterocycles. The fraction of sp³-hybridized carbons (Fsp3) is 0.273. The van der Waals surface area contributed by atoms with Gasteiger partial charge in [-0.2, -0.15) is 0 Å². The number of halogens is 1. The molecule has 0 bridgehead atoms. The van der Waals surface area contributed by atoms with E-state index < -0.39 is 16.2 Å². The minimum absolute atomic E-state index is 0.118. The van der Waals surface area contributed by atoms with E-state index in [-0.39, 0.29) is 11.3 Å². The second-order valence-corrected chi connectivity index (χ2v) is 3.65. The molecule has 0 unspecified atom stereocenters. The standard InChI is InChI=1S/C11H8FNO2/c1-2-11(5-6-11)9-7-8(13(14)15)3-4-10(9)12/h1,3-4,7H,5-6H2. The van der Waals surface area contributed by atoms with Crippen molar-refractivity contribution in [3.63, 3.8) is 0 Å². The van der Waals surface area contributed by atoms with Crippen LogP contribution in [0.2, 0.25) is 0 Å². The SMILES string of the molecule is C#CC1(c2cc([N+](=O)[O-])ccc2F)CC1. The van der Waals surface area contributed by atoms with Gasteiger partial charge in [0, 0.05) is 17.7 Å². The number of benzene rings is 1. The predicted molar refractivity (Wildman–Crippen MR) is 52.8 cm³/mol. The normalized spacial score (nSPS) is 16.8. The number of rotatable bonds is 2. The molecule has 1 aliphatic rings. The molecule has 1 aliphatic carbocycles. The number of nitro groups is 1. The van der Waals surface area contributed by atoms with E-state index in [4.69, 9.17) is 6.42 Å². The molecule has 15 heavy (non-hydrogen) atoms. The van der Waals surface area contributed by atoms with Gasteiger partial charge in [0.1, 0.15) is 5.82 Å². The molecule has 0 atom stereocenters. The fourth-order valence-electron chi connectivity index (χ4n) is 1.61. The van der Waals surface area contributed by atoms with E-state index in [0.717, 1.165) is 12.1 Å². The zero-order chi connectivity index (χ0) is 11.1. The van der Waals surface area contributed by atoms with Crippen LogP contribution in [0, 0.1) is 28.3 Å². The van der Waals surface area contributed by atoms with Gasteiger partial charge in [0.05, 0.1) is 10.3 Å². The van der Waals surface area contributed by atoms with E-state index in [1.807, 2.05) is 0 Å². The summed E-state index contributed by atoms with van der Waals surface area (Å²) >= 11 is 0. The van der Waals surface area contributed by atoms with E-state index in [9.17, 15) is 14.5 Å². The van der Waals surface area contributed by atoms with Crippen LogP contribution in [0.25, 0.3) is 0 Å². The third kappa shape index (κ3) is 1.46. The summed E-state index contributed by atoms with van der Waals surface area (Å²) in [5, 5.41) is 10.5. The van der Waals surface area contributed by atoms with Crippen molar-refractivity contribution in [3.05, 3.63) is 39.7 Å². The van der Waals surface area contributed by atoms with Crippen molar-refractivity contribution in [1.82, 2.24) is 0 Å². The first-order valence-electron chi connectivity index (χ1n) is 4.51. The predicted octanol–water partition coefficient (Wildman–Crippen LogP) is 2.40. The Morgan fingerprint density at radius 3 is 2.67 bits per heavy atom. The zero-order valence-electron chi connectivity index (χ0n) is 7.87. The molecule has 1 aromatic carbocycles. The summed E-state index contributed by atoms with van der Waals surface area (Å²) in [7, 11) is 0. The summed E-state index contributed by atoms with van der Waals surface area (Å²) in [5.74, 6) is 2.05. The maximum absolute atomic E-state index is 13.4. The molecule has 2 rings (SSSR count). The maximum Gasteiger partial charge on any atom is 0.269 e. The highest BCUT2D eigenvalue weighted by Crippen LogP contribution is 2.49. The Bertz CT molecular complexity index is 472. The Labute approximate surface area is 86.1 Å². The van der Waals surface area contributed by atoms with Crippen LogP contribution in [0.3, 0.4) is 0 Å². The molecule has 0 heterocycles. The largest absolute Gasteiger partial charge is 0.269 e. The average molecular weight is 205 g/mol. The maximum atomic E-state index is 13.4. The Morgan fingerprint density at radius 1 is 1.53 bits per heavy atom. The fourth-order valence-corrected chi connectivity index (χ4v) is 1.61. The van der Waals surface area contributed by atoms with Gasteiger partial charge in [-0.15, -0.1) is 6.42 Å². The number of hydrogen-bond acceptors (Lipinski definition) is 2. The average Bonchev–Trinajstić information content (AvgIpc) is 2.99. The van der Waals surface area contributed by atoms with Crippen LogP contribution in [0.15, 0.2) is 18.2 Å². The van der Waals surface area contributed by atoms with Gasteiger partial charge in [0.2, 0.25) is 0 Å². The lowest BCUT2D eigenvalue weighted by molar-refractivity contribution is -0.385. The molecule has 1 aromatic rings. The van der Waals surface area contributed by atoms with Crippen molar-refractivity contribution in [2.24, 2.45) is 0 Å². The number of hydrogen-bond donors (Lipinski definition) is 0. The van der Waals surface area contributed by atoms with Gasteiger partial charge >= 0.3 is 0 Å². The Morgan fingerprint density at radius 2 is 2.20 bits per heavy atom. The van der Waals surface area contributed by atoms with Crippen molar-refractivity contribution < 1.29 is 9.31 Å². The van der Waals surface area contributed by atoms with E-state index in [1.54, 1.807) is 0 Å². The van der Waals surface area contributed by atoms with Gasteiger partial charge in [-0.25, -0.2) is 4.39 Å². The Balaban J connectivity index is 2.52. The Kier molecular flexibility index (Phi) is 1.97. The first-order chi connectivity index (χ1) is 7.09. The second-order valence-electron chi connectivity index (χ2n) is 3.65. The highest BCUT2D eigenvalue weighted by molar-refractivity contribution is 5.47. The van der Waals surface area contributed by atoms with Gasteiger partial charge in [-0.05, 0) is 18.9 Å². The molecule has 0 N–H and O–H groups in total. The number of non-ortho nitro benzene ring substituents is 1. The summed E-state index contributed by atoms with van der Waals surface area (Å²) in [6, 6.07) is 3.48. The van der Waals surface area contributed by atoms with Crippen LogP contribution >= 0.6 is 0 Å². The molecule has 3 nitrogen and oxygen atoms in total. The molecule has 0 aliphatic heterocycles. The summed E-state index contributed by atoms with van der Waals surface area (Å²) in [4.78, 5) is 9.99. The van der Waals surface area contributed by atoms with E-state index in [1.165, 1.54) is 6.07 Å². The minimum atomic E-state index is -0.601. The highest BCUT2D eigenvalue weighted by atomic mass is 19.1. The van der Waals surface area contributed by atoms with Gasteiger partial charge < -0.3 is 0 Å². The smallest absolute Gasteiger partial charge is 0.258 e. The van der Waals surface area contributed by atoms with E-state index in [2.05, 4.69) is 5.92 Å². The lowest BCUT2D eigenvalue weighted by Gasteiger charge is -2.08. The molecule has 0 amide bonds. The third-order valence-corrected chi connectivity index (χ3v) is 2.70. The van der Waals surface area contributed by atoms with Crippen molar-refractivity contribution in [2.75, 3.05) is 0 Å². The highest BCUT2D eigenvalue weighted by Gasteiger charge is 2.45. The quantitative estimate of drug-likeness (QED) is 0.422. The minimum Gasteiger partial charge on any atom is -0.258 e. The molecule has 0 radical (unpaired) electrons. The van der Waals surface area contributed by atoms with Crippen LogP contribution in [-0.2, 0) is 5.41 Å². The molecular formula is C11H8FNO2. The summed E-state index contributed by atoms with van der Waals surface area (Å²) in [5.41, 5.74) is -0.442. The lowest BCUT2D eigenvalue weighted by Crippen LogP contribution is -2.06. The van der Waals surface area contributed by atoms with Crippen molar-refractivity contribution in [1.29, 1.82) is 0 Å².